The molecule has 2 aliphatic heterocycles. The first-order chi connectivity index (χ1) is 11.2. The number of aliphatic imine (C=N–C) groups is 1. The van der Waals surface area contributed by atoms with Crippen LogP contribution in [0.25, 0.3) is 17.1 Å². The first-order valence-corrected chi connectivity index (χ1v) is 7.67. The maximum absolute atomic E-state index is 12.2. The van der Waals surface area contributed by atoms with Gasteiger partial charge in [0.15, 0.2) is 0 Å². The Kier molecular flexibility index (Phi) is 3.34. The van der Waals surface area contributed by atoms with E-state index in [1.165, 1.54) is 0 Å². The molecule has 2 aromatic heterocycles. The predicted molar refractivity (Wildman–Crippen MR) is 86.5 cm³/mol. The van der Waals surface area contributed by atoms with Gasteiger partial charge in [-0.05, 0) is 31.1 Å². The quantitative estimate of drug-likeness (QED) is 0.681. The summed E-state index contributed by atoms with van der Waals surface area (Å²) in [5.74, 6) is 0.302. The van der Waals surface area contributed by atoms with E-state index in [1.54, 1.807) is 12.3 Å². The summed E-state index contributed by atoms with van der Waals surface area (Å²) in [6.07, 6.45) is 6.61. The molecule has 0 bridgehead atoms. The summed E-state index contributed by atoms with van der Waals surface area (Å²) < 4.78 is 0. The summed E-state index contributed by atoms with van der Waals surface area (Å²) in [5, 5.41) is 13.5. The lowest BCUT2D eigenvalue weighted by Gasteiger charge is -2.30. The fourth-order valence-electron chi connectivity index (χ4n) is 3.00. The van der Waals surface area contributed by atoms with E-state index in [2.05, 4.69) is 20.3 Å². The van der Waals surface area contributed by atoms with Gasteiger partial charge in [0.25, 0.3) is 5.91 Å². The summed E-state index contributed by atoms with van der Waals surface area (Å²) >= 11 is 0. The second-order valence-electron chi connectivity index (χ2n) is 5.80. The number of fused-ring (bicyclic) bond motifs is 1. The normalized spacial score (nSPS) is 23.4. The van der Waals surface area contributed by atoms with Crippen molar-refractivity contribution < 1.29 is 9.90 Å². The molecule has 7 heteroatoms. The van der Waals surface area contributed by atoms with E-state index in [1.807, 2.05) is 23.2 Å². The average Bonchev–Trinajstić information content (AvgIpc) is 3.13. The number of guanidine groups is 1. The molecule has 2 aromatic rings. The Bertz CT molecular complexity index is 823. The summed E-state index contributed by atoms with van der Waals surface area (Å²) in [7, 11) is 0. The van der Waals surface area contributed by atoms with Crippen molar-refractivity contribution in [2.75, 3.05) is 13.1 Å². The Balaban J connectivity index is 1.64. The van der Waals surface area contributed by atoms with E-state index in [9.17, 15) is 9.90 Å². The van der Waals surface area contributed by atoms with E-state index in [-0.39, 0.29) is 12.0 Å². The number of hydrogen-bond acceptors (Lipinski definition) is 5. The summed E-state index contributed by atoms with van der Waals surface area (Å²) in [6, 6.07) is 3.81. The number of piperidine rings is 1. The molecule has 1 atom stereocenters. The third-order valence-electron chi connectivity index (χ3n) is 4.16. The number of rotatable bonds is 1. The van der Waals surface area contributed by atoms with Gasteiger partial charge in [0.2, 0.25) is 5.96 Å². The number of pyridine rings is 1. The molecule has 7 nitrogen and oxygen atoms in total. The van der Waals surface area contributed by atoms with E-state index in [0.29, 0.717) is 18.2 Å². The van der Waals surface area contributed by atoms with Gasteiger partial charge in [0.05, 0.1) is 6.10 Å². The Hall–Kier alpha value is -2.67. The van der Waals surface area contributed by atoms with Gasteiger partial charge in [-0.2, -0.15) is 0 Å². The van der Waals surface area contributed by atoms with Crippen LogP contribution >= 0.6 is 0 Å². The maximum Gasteiger partial charge on any atom is 0.276 e. The molecule has 1 unspecified atom stereocenters. The predicted octanol–water partition coefficient (Wildman–Crippen LogP) is 0.846. The lowest BCUT2D eigenvalue weighted by Crippen LogP contribution is -2.47. The summed E-state index contributed by atoms with van der Waals surface area (Å²) in [5.41, 5.74) is 2.02. The van der Waals surface area contributed by atoms with Crippen molar-refractivity contribution in [1.82, 2.24) is 20.2 Å². The number of nitrogens with zero attached hydrogens (tertiary/aromatic N) is 3. The number of aromatic nitrogens is 2. The number of aliphatic hydroxyl groups is 1. The molecule has 0 aliphatic carbocycles. The SMILES string of the molecule is O=C1NC(N2CCCC(O)C2)=NC1=Cc1c[nH]c2ncccc12. The third-order valence-corrected chi connectivity index (χ3v) is 4.16. The highest BCUT2D eigenvalue weighted by molar-refractivity contribution is 6.14. The lowest BCUT2D eigenvalue weighted by atomic mass is 10.1. The Morgan fingerprint density at radius 2 is 2.35 bits per heavy atom. The van der Waals surface area contributed by atoms with Crippen LogP contribution < -0.4 is 5.32 Å². The number of aliphatic hydroxyl groups excluding tert-OH is 1. The van der Waals surface area contributed by atoms with Crippen LogP contribution in [0.2, 0.25) is 0 Å². The average molecular weight is 311 g/mol. The number of nitrogens with one attached hydrogen (secondary N) is 2. The number of aromatic amines is 1. The highest BCUT2D eigenvalue weighted by atomic mass is 16.3. The molecule has 118 valence electrons. The number of H-pyrrole nitrogens is 1. The summed E-state index contributed by atoms with van der Waals surface area (Å²) in [4.78, 5) is 25.8. The van der Waals surface area contributed by atoms with Crippen LogP contribution in [-0.4, -0.2) is 51.0 Å². The monoisotopic (exact) mass is 311 g/mol. The molecule has 0 spiro atoms. The maximum atomic E-state index is 12.2. The number of amides is 1. The van der Waals surface area contributed by atoms with Gasteiger partial charge in [0.1, 0.15) is 11.3 Å². The van der Waals surface area contributed by atoms with Gasteiger partial charge in [-0.15, -0.1) is 0 Å². The molecule has 0 radical (unpaired) electrons. The molecule has 2 aliphatic rings. The minimum atomic E-state index is -0.365. The van der Waals surface area contributed by atoms with Crippen molar-refractivity contribution in [3.8, 4) is 0 Å². The first-order valence-electron chi connectivity index (χ1n) is 7.67. The van der Waals surface area contributed by atoms with Crippen LogP contribution in [0.5, 0.6) is 0 Å². The van der Waals surface area contributed by atoms with Crippen molar-refractivity contribution in [2.45, 2.75) is 18.9 Å². The second kappa shape index (κ2) is 5.51. The van der Waals surface area contributed by atoms with Crippen molar-refractivity contribution in [3.63, 3.8) is 0 Å². The molecule has 4 heterocycles. The zero-order chi connectivity index (χ0) is 15.8. The van der Waals surface area contributed by atoms with Crippen LogP contribution in [0.4, 0.5) is 0 Å². The van der Waals surface area contributed by atoms with Gasteiger partial charge < -0.3 is 15.0 Å². The molecule has 3 N–H and O–H groups in total. The van der Waals surface area contributed by atoms with Crippen LogP contribution in [0.15, 0.2) is 35.2 Å². The Morgan fingerprint density at radius 1 is 1.43 bits per heavy atom. The van der Waals surface area contributed by atoms with E-state index >= 15 is 0 Å². The standard InChI is InChI=1S/C16H17N5O2/c22-11-3-2-6-21(9-11)16-19-13(15(23)20-16)7-10-8-18-14-12(10)4-1-5-17-14/h1,4-5,7-8,11,22H,2-3,6,9H2,(H,17,18)(H,19,20,23). The minimum Gasteiger partial charge on any atom is -0.391 e. The highest BCUT2D eigenvalue weighted by Gasteiger charge is 2.27. The molecule has 1 saturated heterocycles. The van der Waals surface area contributed by atoms with Crippen LogP contribution in [0, 0.1) is 0 Å². The van der Waals surface area contributed by atoms with Crippen molar-refractivity contribution in [3.05, 3.63) is 35.8 Å². The van der Waals surface area contributed by atoms with Crippen LogP contribution in [0.1, 0.15) is 18.4 Å². The fourth-order valence-corrected chi connectivity index (χ4v) is 3.00. The van der Waals surface area contributed by atoms with E-state index < -0.39 is 0 Å². The molecule has 0 aromatic carbocycles. The Morgan fingerprint density at radius 3 is 3.22 bits per heavy atom. The number of β-amino-alcohol motifs (C(OH)–C–C–N with tert-alkyl or cyclic N) is 1. The zero-order valence-electron chi connectivity index (χ0n) is 12.5. The van der Waals surface area contributed by atoms with Gasteiger partial charge in [0, 0.05) is 36.4 Å². The molecular weight excluding hydrogens is 294 g/mol. The topological polar surface area (TPSA) is 93.6 Å². The minimum absolute atomic E-state index is 0.224. The zero-order valence-corrected chi connectivity index (χ0v) is 12.5. The number of carbonyl (C=O) groups excluding carboxylic acids is 1. The number of hydrogen-bond donors (Lipinski definition) is 3. The van der Waals surface area contributed by atoms with Gasteiger partial charge in [-0.3, -0.25) is 10.1 Å². The first kappa shape index (κ1) is 14.0. The van der Waals surface area contributed by atoms with E-state index in [0.717, 1.165) is 36.0 Å². The lowest BCUT2D eigenvalue weighted by molar-refractivity contribution is -0.115. The molecule has 23 heavy (non-hydrogen) atoms. The van der Waals surface area contributed by atoms with Gasteiger partial charge in [-0.25, -0.2) is 9.98 Å². The molecule has 1 amide bonds. The van der Waals surface area contributed by atoms with Crippen LogP contribution in [0.3, 0.4) is 0 Å². The van der Waals surface area contributed by atoms with Gasteiger partial charge >= 0.3 is 0 Å². The second-order valence-corrected chi connectivity index (χ2v) is 5.80. The summed E-state index contributed by atoms with van der Waals surface area (Å²) in [6.45, 7) is 1.30. The smallest absolute Gasteiger partial charge is 0.276 e. The molecule has 1 fully saturated rings. The van der Waals surface area contributed by atoms with Crippen molar-refractivity contribution in [1.29, 1.82) is 0 Å². The van der Waals surface area contributed by atoms with Crippen molar-refractivity contribution in [2.24, 2.45) is 4.99 Å². The van der Waals surface area contributed by atoms with Crippen LogP contribution in [-0.2, 0) is 4.79 Å². The largest absolute Gasteiger partial charge is 0.391 e. The fraction of sp³-hybridized carbons (Fsp3) is 0.312. The third kappa shape index (κ3) is 2.59. The van der Waals surface area contributed by atoms with Crippen molar-refractivity contribution >= 4 is 29.0 Å². The molecule has 0 saturated carbocycles. The number of likely N-dealkylation sites (tertiary alicyclic amines) is 1. The highest BCUT2D eigenvalue weighted by Crippen LogP contribution is 2.21. The Labute approximate surface area is 132 Å². The van der Waals surface area contributed by atoms with E-state index in [4.69, 9.17) is 0 Å². The van der Waals surface area contributed by atoms with Gasteiger partial charge in [-0.1, -0.05) is 0 Å². The number of carbonyl (C=O) groups is 1. The molecule has 4 rings (SSSR count). The molecular formula is C16H17N5O2.